The average Bonchev–Trinajstić information content (AvgIpc) is 3.10. The van der Waals surface area contributed by atoms with Crippen LogP contribution in [-0.4, -0.2) is 16.5 Å². The lowest BCUT2D eigenvalue weighted by Gasteiger charge is -2.08. The fourth-order valence-electron chi connectivity index (χ4n) is 1.80. The number of rotatable bonds is 6. The molecule has 1 aromatic rings. The zero-order valence-corrected chi connectivity index (χ0v) is 10.3. The molecule has 1 fully saturated rings. The SMILES string of the molecule is CCCCc1cc(NCC)nc(C2CC2)n1. The minimum atomic E-state index is 0.638. The summed E-state index contributed by atoms with van der Waals surface area (Å²) in [5, 5.41) is 3.30. The predicted octanol–water partition coefficient (Wildman–Crippen LogP) is 3.13. The van der Waals surface area contributed by atoms with Gasteiger partial charge in [0.2, 0.25) is 0 Å². The van der Waals surface area contributed by atoms with Crippen LogP contribution in [0.4, 0.5) is 5.82 Å². The molecule has 0 aromatic carbocycles. The summed E-state index contributed by atoms with van der Waals surface area (Å²) in [5.41, 5.74) is 1.20. The molecule has 0 bridgehead atoms. The van der Waals surface area contributed by atoms with Crippen molar-refractivity contribution in [2.24, 2.45) is 0 Å². The van der Waals surface area contributed by atoms with Crippen molar-refractivity contribution in [1.82, 2.24) is 9.97 Å². The van der Waals surface area contributed by atoms with Crippen molar-refractivity contribution in [1.29, 1.82) is 0 Å². The Hall–Kier alpha value is -1.12. The second-order valence-electron chi connectivity index (χ2n) is 4.51. The van der Waals surface area contributed by atoms with Crippen LogP contribution >= 0.6 is 0 Å². The number of nitrogens with one attached hydrogen (secondary N) is 1. The van der Waals surface area contributed by atoms with E-state index in [-0.39, 0.29) is 0 Å². The van der Waals surface area contributed by atoms with Gasteiger partial charge in [-0.05, 0) is 32.6 Å². The highest BCUT2D eigenvalue weighted by atomic mass is 15.0. The Morgan fingerprint density at radius 1 is 1.31 bits per heavy atom. The van der Waals surface area contributed by atoms with Crippen LogP contribution in [0.3, 0.4) is 0 Å². The Kier molecular flexibility index (Phi) is 3.75. The lowest BCUT2D eigenvalue weighted by atomic mass is 10.2. The van der Waals surface area contributed by atoms with Gasteiger partial charge in [0, 0.05) is 24.2 Å². The van der Waals surface area contributed by atoms with Crippen molar-refractivity contribution < 1.29 is 0 Å². The van der Waals surface area contributed by atoms with Gasteiger partial charge < -0.3 is 5.32 Å². The lowest BCUT2D eigenvalue weighted by Crippen LogP contribution is -2.05. The number of unbranched alkanes of at least 4 members (excludes halogenated alkanes) is 1. The highest BCUT2D eigenvalue weighted by molar-refractivity contribution is 5.37. The fourth-order valence-corrected chi connectivity index (χ4v) is 1.80. The molecule has 1 N–H and O–H groups in total. The summed E-state index contributed by atoms with van der Waals surface area (Å²) in [6, 6.07) is 2.10. The van der Waals surface area contributed by atoms with Crippen LogP contribution in [0.15, 0.2) is 6.07 Å². The van der Waals surface area contributed by atoms with Crippen LogP contribution in [-0.2, 0) is 6.42 Å². The highest BCUT2D eigenvalue weighted by Crippen LogP contribution is 2.38. The van der Waals surface area contributed by atoms with E-state index < -0.39 is 0 Å². The summed E-state index contributed by atoms with van der Waals surface area (Å²) < 4.78 is 0. The molecule has 1 saturated carbocycles. The second-order valence-corrected chi connectivity index (χ2v) is 4.51. The number of aromatic nitrogens is 2. The summed E-state index contributed by atoms with van der Waals surface area (Å²) in [7, 11) is 0. The first kappa shape index (κ1) is 11.4. The van der Waals surface area contributed by atoms with Gasteiger partial charge in [-0.3, -0.25) is 0 Å². The number of anilines is 1. The van der Waals surface area contributed by atoms with E-state index in [0.717, 1.165) is 24.6 Å². The van der Waals surface area contributed by atoms with Gasteiger partial charge >= 0.3 is 0 Å². The fraction of sp³-hybridized carbons (Fsp3) is 0.692. The zero-order valence-electron chi connectivity index (χ0n) is 10.3. The van der Waals surface area contributed by atoms with Crippen molar-refractivity contribution >= 4 is 5.82 Å². The van der Waals surface area contributed by atoms with E-state index in [2.05, 4.69) is 35.2 Å². The van der Waals surface area contributed by atoms with Crippen LogP contribution in [0, 0.1) is 0 Å². The Bertz CT molecular complexity index is 345. The summed E-state index contributed by atoms with van der Waals surface area (Å²) in [5.74, 6) is 2.70. The summed E-state index contributed by atoms with van der Waals surface area (Å²) in [6.07, 6.45) is 6.05. The minimum absolute atomic E-state index is 0.638. The van der Waals surface area contributed by atoms with Crippen molar-refractivity contribution in [2.75, 3.05) is 11.9 Å². The molecule has 0 aliphatic heterocycles. The van der Waals surface area contributed by atoms with Gasteiger partial charge in [-0.15, -0.1) is 0 Å². The lowest BCUT2D eigenvalue weighted by molar-refractivity contribution is 0.760. The van der Waals surface area contributed by atoms with Crippen LogP contribution in [0.25, 0.3) is 0 Å². The second kappa shape index (κ2) is 5.28. The topological polar surface area (TPSA) is 37.8 Å². The average molecular weight is 219 g/mol. The smallest absolute Gasteiger partial charge is 0.134 e. The van der Waals surface area contributed by atoms with Gasteiger partial charge in [-0.25, -0.2) is 9.97 Å². The molecular weight excluding hydrogens is 198 g/mol. The summed E-state index contributed by atoms with van der Waals surface area (Å²) in [4.78, 5) is 9.24. The third-order valence-electron chi connectivity index (χ3n) is 2.88. The van der Waals surface area contributed by atoms with Crippen molar-refractivity contribution in [3.05, 3.63) is 17.6 Å². The van der Waals surface area contributed by atoms with Crippen LogP contribution < -0.4 is 5.32 Å². The van der Waals surface area contributed by atoms with Gasteiger partial charge in [0.05, 0.1) is 0 Å². The molecule has 3 nitrogen and oxygen atoms in total. The van der Waals surface area contributed by atoms with E-state index in [0.29, 0.717) is 5.92 Å². The molecule has 1 heterocycles. The number of hydrogen-bond donors (Lipinski definition) is 1. The van der Waals surface area contributed by atoms with Crippen LogP contribution in [0.5, 0.6) is 0 Å². The standard InChI is InChI=1S/C13H21N3/c1-3-5-6-11-9-12(14-4-2)16-13(15-11)10-7-8-10/h9-10H,3-8H2,1-2H3,(H,14,15,16). The molecule has 0 atom stereocenters. The Balaban J connectivity index is 2.14. The molecule has 3 heteroatoms. The predicted molar refractivity (Wildman–Crippen MR) is 66.8 cm³/mol. The molecular formula is C13H21N3. The molecule has 0 amide bonds. The van der Waals surface area contributed by atoms with E-state index in [1.54, 1.807) is 0 Å². The summed E-state index contributed by atoms with van der Waals surface area (Å²) in [6.45, 7) is 5.24. The van der Waals surface area contributed by atoms with Gasteiger partial charge in [-0.2, -0.15) is 0 Å². The van der Waals surface area contributed by atoms with E-state index >= 15 is 0 Å². The number of aryl methyl sites for hydroxylation is 1. The summed E-state index contributed by atoms with van der Waals surface area (Å²) >= 11 is 0. The normalized spacial score (nSPS) is 15.1. The van der Waals surface area contributed by atoms with Crippen LogP contribution in [0.2, 0.25) is 0 Å². The van der Waals surface area contributed by atoms with E-state index in [9.17, 15) is 0 Å². The first-order chi connectivity index (χ1) is 7.83. The van der Waals surface area contributed by atoms with E-state index in [4.69, 9.17) is 0 Å². The third-order valence-corrected chi connectivity index (χ3v) is 2.88. The molecule has 0 spiro atoms. The molecule has 88 valence electrons. The van der Waals surface area contributed by atoms with E-state index in [1.165, 1.54) is 31.4 Å². The van der Waals surface area contributed by atoms with Gasteiger partial charge in [0.1, 0.15) is 11.6 Å². The molecule has 1 aromatic heterocycles. The molecule has 16 heavy (non-hydrogen) atoms. The Labute approximate surface area is 97.7 Å². The van der Waals surface area contributed by atoms with E-state index in [1.807, 2.05) is 0 Å². The van der Waals surface area contributed by atoms with Crippen molar-refractivity contribution in [3.8, 4) is 0 Å². The molecule has 1 aliphatic rings. The molecule has 0 saturated heterocycles. The minimum Gasteiger partial charge on any atom is -0.370 e. The number of nitrogens with zero attached hydrogens (tertiary/aromatic N) is 2. The molecule has 0 unspecified atom stereocenters. The quantitative estimate of drug-likeness (QED) is 0.798. The largest absolute Gasteiger partial charge is 0.370 e. The maximum atomic E-state index is 4.66. The zero-order chi connectivity index (χ0) is 11.4. The number of hydrogen-bond acceptors (Lipinski definition) is 3. The third kappa shape index (κ3) is 2.94. The highest BCUT2D eigenvalue weighted by Gasteiger charge is 2.27. The molecule has 1 aliphatic carbocycles. The Morgan fingerprint density at radius 2 is 2.12 bits per heavy atom. The van der Waals surface area contributed by atoms with Gasteiger partial charge in [0.15, 0.2) is 0 Å². The molecule has 2 rings (SSSR count). The van der Waals surface area contributed by atoms with Crippen LogP contribution in [0.1, 0.15) is 57.0 Å². The van der Waals surface area contributed by atoms with Gasteiger partial charge in [-0.1, -0.05) is 13.3 Å². The van der Waals surface area contributed by atoms with Crippen molar-refractivity contribution in [2.45, 2.75) is 51.9 Å². The monoisotopic (exact) mass is 219 g/mol. The van der Waals surface area contributed by atoms with Gasteiger partial charge in [0.25, 0.3) is 0 Å². The Morgan fingerprint density at radius 3 is 2.75 bits per heavy atom. The maximum Gasteiger partial charge on any atom is 0.134 e. The first-order valence-corrected chi connectivity index (χ1v) is 6.45. The maximum absolute atomic E-state index is 4.66. The molecule has 0 radical (unpaired) electrons. The van der Waals surface area contributed by atoms with Crippen molar-refractivity contribution in [3.63, 3.8) is 0 Å². The first-order valence-electron chi connectivity index (χ1n) is 6.45.